The van der Waals surface area contributed by atoms with E-state index in [2.05, 4.69) is 5.32 Å². The third kappa shape index (κ3) is 6.50. The van der Waals surface area contributed by atoms with Gasteiger partial charge in [0.05, 0.1) is 28.9 Å². The van der Waals surface area contributed by atoms with Gasteiger partial charge in [-0.15, -0.1) is 0 Å². The Hall–Kier alpha value is -3.15. The Balaban J connectivity index is 2.71. The molecule has 1 amide bonds. The highest BCUT2D eigenvalue weighted by Gasteiger charge is 2.30. The molecule has 0 radical (unpaired) electrons. The maximum Gasteiger partial charge on any atom is 0.251 e. The fourth-order valence-electron chi connectivity index (χ4n) is 3.63. The van der Waals surface area contributed by atoms with Crippen molar-refractivity contribution in [2.24, 2.45) is 0 Å². The summed E-state index contributed by atoms with van der Waals surface area (Å²) in [5.74, 6) is -0.296. The van der Waals surface area contributed by atoms with Gasteiger partial charge in [0.1, 0.15) is 5.75 Å². The van der Waals surface area contributed by atoms with E-state index in [1.54, 1.807) is 12.1 Å². The zero-order valence-corrected chi connectivity index (χ0v) is 22.0. The second-order valence-electron chi connectivity index (χ2n) is 10.4. The molecule has 0 saturated carbocycles. The fraction of sp³-hybridized carbons (Fsp3) is 0.407. The molecule has 7 nitrogen and oxygen atoms in total. The number of aliphatic hydroxyl groups is 1. The number of benzene rings is 2. The first-order valence-corrected chi connectivity index (χ1v) is 12.8. The summed E-state index contributed by atoms with van der Waals surface area (Å²) in [6.07, 6.45) is 1.26. The van der Waals surface area contributed by atoms with Gasteiger partial charge >= 0.3 is 0 Å². The van der Waals surface area contributed by atoms with Crippen molar-refractivity contribution in [2.75, 3.05) is 13.2 Å². The summed E-state index contributed by atoms with van der Waals surface area (Å²) in [7, 11) is -4.07. The predicted molar refractivity (Wildman–Crippen MR) is 137 cm³/mol. The van der Waals surface area contributed by atoms with Crippen LogP contribution in [0, 0.1) is 11.3 Å². The number of allylic oxidation sites excluding steroid dienone is 1. The molecule has 2 rings (SSSR count). The van der Waals surface area contributed by atoms with E-state index < -0.39 is 26.6 Å². The Morgan fingerprint density at radius 1 is 1.00 bits per heavy atom. The fourth-order valence-corrected chi connectivity index (χ4v) is 5.10. The third-order valence-corrected chi connectivity index (χ3v) is 7.38. The normalized spacial score (nSPS) is 12.8. The summed E-state index contributed by atoms with van der Waals surface area (Å²) in [6.45, 7) is 11.5. The van der Waals surface area contributed by atoms with E-state index in [1.807, 2.05) is 47.6 Å². The highest BCUT2D eigenvalue weighted by Crippen LogP contribution is 2.42. The van der Waals surface area contributed by atoms with Crippen molar-refractivity contribution < 1.29 is 23.4 Å². The lowest BCUT2D eigenvalue weighted by atomic mass is 9.78. The van der Waals surface area contributed by atoms with E-state index in [4.69, 9.17) is 5.11 Å². The van der Waals surface area contributed by atoms with Gasteiger partial charge in [-0.25, -0.2) is 8.42 Å². The van der Waals surface area contributed by atoms with Crippen LogP contribution in [0.3, 0.4) is 0 Å². The van der Waals surface area contributed by atoms with Crippen LogP contribution in [0.5, 0.6) is 5.75 Å². The van der Waals surface area contributed by atoms with E-state index in [0.717, 1.165) is 0 Å². The van der Waals surface area contributed by atoms with Crippen molar-refractivity contribution in [3.8, 4) is 11.8 Å². The van der Waals surface area contributed by atoms with E-state index in [-0.39, 0.29) is 40.7 Å². The van der Waals surface area contributed by atoms with Crippen molar-refractivity contribution in [1.82, 2.24) is 5.32 Å². The Morgan fingerprint density at radius 3 is 1.94 bits per heavy atom. The second kappa shape index (κ2) is 10.6. The number of phenolic OH excluding ortho intramolecular Hbond substituents is 1. The minimum atomic E-state index is -4.07. The van der Waals surface area contributed by atoms with Gasteiger partial charge in [-0.2, -0.15) is 5.26 Å². The number of amides is 1. The minimum absolute atomic E-state index is 0.0249. The second-order valence-corrected chi connectivity index (χ2v) is 12.3. The molecular formula is C27H34N2O5S. The number of sulfone groups is 1. The average molecular weight is 499 g/mol. The summed E-state index contributed by atoms with van der Waals surface area (Å²) >= 11 is 0. The number of carbonyl (C=O) groups is 1. The number of rotatable bonds is 7. The molecule has 0 atom stereocenters. The maximum absolute atomic E-state index is 13.7. The average Bonchev–Trinajstić information content (AvgIpc) is 2.76. The van der Waals surface area contributed by atoms with Crippen LogP contribution in [0.25, 0.3) is 4.91 Å². The van der Waals surface area contributed by atoms with Crippen LogP contribution in [-0.4, -0.2) is 37.7 Å². The van der Waals surface area contributed by atoms with E-state index in [1.165, 1.54) is 30.3 Å². The van der Waals surface area contributed by atoms with Crippen LogP contribution in [0.2, 0.25) is 0 Å². The molecule has 35 heavy (non-hydrogen) atoms. The van der Waals surface area contributed by atoms with Gasteiger partial charge in [0.2, 0.25) is 9.84 Å². The van der Waals surface area contributed by atoms with Crippen LogP contribution in [0.4, 0.5) is 0 Å². The number of aliphatic hydroxyl groups excluding tert-OH is 1. The quantitative estimate of drug-likeness (QED) is 0.518. The lowest BCUT2D eigenvalue weighted by Crippen LogP contribution is -2.26. The van der Waals surface area contributed by atoms with Crippen molar-refractivity contribution >= 4 is 20.6 Å². The molecule has 2 aromatic carbocycles. The topological polar surface area (TPSA) is 127 Å². The minimum Gasteiger partial charge on any atom is -0.507 e. The number of nitrogens with zero attached hydrogens (tertiary/aromatic N) is 1. The van der Waals surface area contributed by atoms with Crippen molar-refractivity contribution in [3.63, 3.8) is 0 Å². The number of phenols is 1. The molecule has 0 aliphatic heterocycles. The molecule has 0 heterocycles. The Labute approximate surface area is 208 Å². The molecule has 0 aliphatic rings. The molecule has 0 fully saturated rings. The first kappa shape index (κ1) is 28.1. The van der Waals surface area contributed by atoms with Crippen molar-refractivity contribution in [2.45, 2.75) is 63.7 Å². The lowest BCUT2D eigenvalue weighted by Gasteiger charge is -2.28. The largest absolute Gasteiger partial charge is 0.507 e. The van der Waals surface area contributed by atoms with Gasteiger partial charge < -0.3 is 15.5 Å². The van der Waals surface area contributed by atoms with Gasteiger partial charge in [-0.3, -0.25) is 4.79 Å². The number of nitriles is 1. The number of hydrogen-bond donors (Lipinski definition) is 3. The molecule has 0 aromatic heterocycles. The molecule has 8 heteroatoms. The van der Waals surface area contributed by atoms with Gasteiger partial charge in [-0.05, 0) is 52.8 Å². The van der Waals surface area contributed by atoms with Gasteiger partial charge in [0, 0.05) is 23.2 Å². The zero-order valence-electron chi connectivity index (χ0n) is 21.1. The molecule has 0 bridgehead atoms. The Kier molecular flexibility index (Phi) is 8.53. The Morgan fingerprint density at radius 2 is 1.51 bits per heavy atom. The lowest BCUT2D eigenvalue weighted by molar-refractivity contribution is 0.0944. The highest BCUT2D eigenvalue weighted by molar-refractivity contribution is 8.00. The van der Waals surface area contributed by atoms with E-state index in [0.29, 0.717) is 16.7 Å². The van der Waals surface area contributed by atoms with Gasteiger partial charge in [0.15, 0.2) is 0 Å². The molecule has 0 spiro atoms. The number of nitrogens with one attached hydrogen (secondary N) is 1. The summed E-state index contributed by atoms with van der Waals surface area (Å²) < 4.78 is 27.4. The van der Waals surface area contributed by atoms with Gasteiger partial charge in [-0.1, -0.05) is 47.6 Å². The molecule has 0 aliphatic carbocycles. The van der Waals surface area contributed by atoms with Crippen LogP contribution >= 0.6 is 0 Å². The molecule has 188 valence electrons. The van der Waals surface area contributed by atoms with Crippen LogP contribution in [0.1, 0.15) is 75.0 Å². The van der Waals surface area contributed by atoms with E-state index >= 15 is 0 Å². The van der Waals surface area contributed by atoms with Crippen molar-refractivity contribution in [1.29, 1.82) is 5.26 Å². The molecule has 0 saturated heterocycles. The number of aromatic hydroxyl groups is 1. The maximum atomic E-state index is 13.7. The van der Waals surface area contributed by atoms with Crippen LogP contribution in [-0.2, 0) is 20.7 Å². The molecule has 0 unspecified atom stereocenters. The smallest absolute Gasteiger partial charge is 0.251 e. The third-order valence-electron chi connectivity index (χ3n) is 5.50. The van der Waals surface area contributed by atoms with Crippen LogP contribution in [0.15, 0.2) is 47.4 Å². The first-order chi connectivity index (χ1) is 16.1. The SMILES string of the molecule is CC(C)(C)c1cc(/C(=C/CC#N)S(=O)(=O)c2ccc(C(=O)NCCO)cc2)cc(C(C)(C)C)c1O. The van der Waals surface area contributed by atoms with Crippen molar-refractivity contribution in [3.05, 3.63) is 64.7 Å². The summed E-state index contributed by atoms with van der Waals surface area (Å²) in [5.41, 5.74) is 0.928. The number of carbonyl (C=O) groups excluding carboxylic acids is 1. The zero-order chi connectivity index (χ0) is 26.6. The molecule has 2 aromatic rings. The monoisotopic (exact) mass is 498 g/mol. The highest BCUT2D eigenvalue weighted by atomic mass is 32.2. The van der Waals surface area contributed by atoms with Gasteiger partial charge in [0.25, 0.3) is 5.91 Å². The number of hydrogen-bond acceptors (Lipinski definition) is 6. The van der Waals surface area contributed by atoms with E-state index in [9.17, 15) is 23.6 Å². The molecule has 3 N–H and O–H groups in total. The summed E-state index contributed by atoms with van der Waals surface area (Å²) in [5, 5.41) is 31.6. The Bertz CT molecular complexity index is 1220. The van der Waals surface area contributed by atoms with Crippen LogP contribution < -0.4 is 5.32 Å². The summed E-state index contributed by atoms with van der Waals surface area (Å²) in [4.78, 5) is 12.1. The summed E-state index contributed by atoms with van der Waals surface area (Å²) in [6, 6.07) is 10.8. The standard InChI is InChI=1S/C27H34N2O5S/c1-26(2,3)21-16-19(17-22(24(21)31)27(4,5)6)23(8-7-13-28)35(33,34)20-11-9-18(10-12-20)25(32)29-14-15-30/h8-12,16-17,30-31H,7,14-15H2,1-6H3,(H,29,32)/b23-8-. The molecular weight excluding hydrogens is 464 g/mol. The predicted octanol–water partition coefficient (Wildman–Crippen LogP) is 4.44. The first-order valence-electron chi connectivity index (χ1n) is 11.3.